The first-order valence-electron chi connectivity index (χ1n) is 8.89. The molecule has 1 amide bonds. The minimum atomic E-state index is -0.0107. The molecule has 23 heavy (non-hydrogen) atoms. The second kappa shape index (κ2) is 6.27. The molecule has 3 nitrogen and oxygen atoms in total. The smallest absolute Gasteiger partial charge is 0.222 e. The van der Waals surface area contributed by atoms with Crippen LogP contribution in [-0.2, 0) is 11.2 Å². The Kier molecular flexibility index (Phi) is 4.50. The van der Waals surface area contributed by atoms with Crippen molar-refractivity contribution < 1.29 is 9.90 Å². The number of rotatable bonds is 6. The lowest BCUT2D eigenvalue weighted by Gasteiger charge is -2.55. The molecule has 2 atom stereocenters. The van der Waals surface area contributed by atoms with Gasteiger partial charge in [-0.15, -0.1) is 0 Å². The SMILES string of the molecule is CC1(C)C[C@]2(CO)CN(C(=O)CCCCc3ccccc3)C[C@H]12. The molecule has 1 saturated heterocycles. The number of hydrogen-bond donors (Lipinski definition) is 1. The van der Waals surface area contributed by atoms with E-state index in [0.717, 1.165) is 38.8 Å². The number of hydrogen-bond acceptors (Lipinski definition) is 2. The molecule has 0 radical (unpaired) electrons. The highest BCUT2D eigenvalue weighted by Crippen LogP contribution is 2.62. The Labute approximate surface area is 139 Å². The van der Waals surface area contributed by atoms with Crippen LogP contribution in [0.3, 0.4) is 0 Å². The third-order valence-electron chi connectivity index (χ3n) is 6.02. The van der Waals surface area contributed by atoms with Crippen LogP contribution < -0.4 is 0 Å². The molecule has 1 aliphatic heterocycles. The van der Waals surface area contributed by atoms with Crippen LogP contribution in [0.25, 0.3) is 0 Å². The van der Waals surface area contributed by atoms with Gasteiger partial charge in [0.15, 0.2) is 0 Å². The van der Waals surface area contributed by atoms with Crippen molar-refractivity contribution in [3.05, 3.63) is 35.9 Å². The Morgan fingerprint density at radius 3 is 2.61 bits per heavy atom. The quantitative estimate of drug-likeness (QED) is 0.819. The van der Waals surface area contributed by atoms with E-state index in [-0.39, 0.29) is 23.3 Å². The molecule has 1 N–H and O–H groups in total. The molecule has 126 valence electrons. The van der Waals surface area contributed by atoms with Crippen molar-refractivity contribution in [1.82, 2.24) is 4.90 Å². The zero-order valence-electron chi connectivity index (χ0n) is 14.4. The number of aliphatic hydroxyl groups is 1. The van der Waals surface area contributed by atoms with Crippen molar-refractivity contribution >= 4 is 5.91 Å². The van der Waals surface area contributed by atoms with E-state index in [1.165, 1.54) is 5.56 Å². The zero-order chi connectivity index (χ0) is 16.5. The van der Waals surface area contributed by atoms with E-state index < -0.39 is 0 Å². The van der Waals surface area contributed by atoms with Gasteiger partial charge in [0.1, 0.15) is 0 Å². The molecule has 0 aromatic heterocycles. The van der Waals surface area contributed by atoms with Gasteiger partial charge >= 0.3 is 0 Å². The Morgan fingerprint density at radius 1 is 1.26 bits per heavy atom. The minimum absolute atomic E-state index is 0.0107. The molecular formula is C20H29NO2. The van der Waals surface area contributed by atoms with Gasteiger partial charge < -0.3 is 10.0 Å². The monoisotopic (exact) mass is 315 g/mol. The third-order valence-corrected chi connectivity index (χ3v) is 6.02. The van der Waals surface area contributed by atoms with Crippen molar-refractivity contribution in [2.24, 2.45) is 16.7 Å². The van der Waals surface area contributed by atoms with Crippen LogP contribution in [0, 0.1) is 16.7 Å². The lowest BCUT2D eigenvalue weighted by atomic mass is 9.48. The summed E-state index contributed by atoms with van der Waals surface area (Å²) in [5, 5.41) is 9.78. The van der Waals surface area contributed by atoms with Gasteiger partial charge in [0.25, 0.3) is 0 Å². The van der Waals surface area contributed by atoms with Crippen LogP contribution in [0.2, 0.25) is 0 Å². The number of aryl methyl sites for hydroxylation is 1. The van der Waals surface area contributed by atoms with Crippen molar-refractivity contribution in [3.63, 3.8) is 0 Å². The average molecular weight is 315 g/mol. The normalized spacial score (nSPS) is 28.3. The number of fused-ring (bicyclic) bond motifs is 1. The molecule has 0 unspecified atom stereocenters. The number of amides is 1. The largest absolute Gasteiger partial charge is 0.396 e. The fourth-order valence-electron chi connectivity index (χ4n) is 4.94. The maximum Gasteiger partial charge on any atom is 0.222 e. The lowest BCUT2D eigenvalue weighted by Crippen LogP contribution is -2.54. The summed E-state index contributed by atoms with van der Waals surface area (Å²) in [6.07, 6.45) is 4.73. The Hall–Kier alpha value is -1.35. The molecule has 1 aromatic rings. The third kappa shape index (κ3) is 3.16. The molecule has 1 aliphatic carbocycles. The summed E-state index contributed by atoms with van der Waals surface area (Å²) in [7, 11) is 0. The lowest BCUT2D eigenvalue weighted by molar-refractivity contribution is -0.130. The van der Waals surface area contributed by atoms with Crippen molar-refractivity contribution in [1.29, 1.82) is 0 Å². The summed E-state index contributed by atoms with van der Waals surface area (Å²) >= 11 is 0. The summed E-state index contributed by atoms with van der Waals surface area (Å²) < 4.78 is 0. The van der Waals surface area contributed by atoms with Gasteiger partial charge in [-0.25, -0.2) is 0 Å². The van der Waals surface area contributed by atoms with Crippen LogP contribution in [0.1, 0.15) is 45.1 Å². The molecule has 0 spiro atoms. The molecule has 1 heterocycles. The Morgan fingerprint density at radius 2 is 2.00 bits per heavy atom. The van der Waals surface area contributed by atoms with E-state index in [1.54, 1.807) is 0 Å². The molecule has 1 aromatic carbocycles. The van der Waals surface area contributed by atoms with Crippen molar-refractivity contribution in [2.45, 2.75) is 46.0 Å². The number of carbonyl (C=O) groups is 1. The molecule has 3 rings (SSSR count). The molecule has 1 saturated carbocycles. The fraction of sp³-hybridized carbons (Fsp3) is 0.650. The number of nitrogens with zero attached hydrogens (tertiary/aromatic N) is 1. The summed E-state index contributed by atoms with van der Waals surface area (Å²) in [4.78, 5) is 14.5. The van der Waals surface area contributed by atoms with Crippen molar-refractivity contribution in [2.75, 3.05) is 19.7 Å². The maximum absolute atomic E-state index is 12.5. The summed E-state index contributed by atoms with van der Waals surface area (Å²) in [5.74, 6) is 0.740. The first-order valence-corrected chi connectivity index (χ1v) is 8.89. The van der Waals surface area contributed by atoms with Crippen molar-refractivity contribution in [3.8, 4) is 0 Å². The van der Waals surface area contributed by atoms with Gasteiger partial charge in [-0.05, 0) is 42.6 Å². The zero-order valence-corrected chi connectivity index (χ0v) is 14.4. The Bertz CT molecular complexity index is 554. The van der Waals surface area contributed by atoms with Gasteiger partial charge in [0, 0.05) is 24.9 Å². The predicted octanol–water partition coefficient (Wildman–Crippen LogP) is 3.27. The topological polar surface area (TPSA) is 40.5 Å². The predicted molar refractivity (Wildman–Crippen MR) is 92.0 cm³/mol. The standard InChI is InChI=1S/C20H29NO2/c1-19(2)13-20(15-22)14-21(12-17(19)20)18(23)11-7-6-10-16-8-4-3-5-9-16/h3-5,8-9,17,22H,6-7,10-15H2,1-2H3/t17-,20-/m1/s1. The molecule has 2 aliphatic rings. The van der Waals surface area contributed by atoms with Crippen LogP contribution in [0.5, 0.6) is 0 Å². The van der Waals surface area contributed by atoms with Gasteiger partial charge in [-0.2, -0.15) is 0 Å². The van der Waals surface area contributed by atoms with E-state index in [4.69, 9.17) is 0 Å². The first-order chi connectivity index (χ1) is 11.0. The van der Waals surface area contributed by atoms with E-state index in [2.05, 4.69) is 38.1 Å². The number of unbranched alkanes of at least 4 members (excludes halogenated alkanes) is 1. The molecule has 0 bridgehead atoms. The highest BCUT2D eigenvalue weighted by Gasteiger charge is 2.62. The Balaban J connectivity index is 1.45. The van der Waals surface area contributed by atoms with Crippen LogP contribution >= 0.6 is 0 Å². The summed E-state index contributed by atoms with van der Waals surface area (Å²) in [6, 6.07) is 10.5. The van der Waals surface area contributed by atoms with E-state index >= 15 is 0 Å². The second-order valence-corrected chi connectivity index (χ2v) is 8.21. The van der Waals surface area contributed by atoms with E-state index in [0.29, 0.717) is 12.3 Å². The number of benzene rings is 1. The molecule has 3 heteroatoms. The highest BCUT2D eigenvalue weighted by molar-refractivity contribution is 5.76. The van der Waals surface area contributed by atoms with Gasteiger partial charge in [0.05, 0.1) is 6.61 Å². The van der Waals surface area contributed by atoms with Crippen LogP contribution in [0.15, 0.2) is 30.3 Å². The average Bonchev–Trinajstić information content (AvgIpc) is 2.88. The summed E-state index contributed by atoms with van der Waals surface area (Å²) in [5.41, 5.74) is 1.61. The second-order valence-electron chi connectivity index (χ2n) is 8.21. The number of likely N-dealkylation sites (tertiary alicyclic amines) is 1. The summed E-state index contributed by atoms with van der Waals surface area (Å²) in [6.45, 7) is 6.35. The highest BCUT2D eigenvalue weighted by atomic mass is 16.3. The van der Waals surface area contributed by atoms with Gasteiger partial charge in [-0.3, -0.25) is 4.79 Å². The number of carbonyl (C=O) groups excluding carboxylic acids is 1. The van der Waals surface area contributed by atoms with Gasteiger partial charge in [0.2, 0.25) is 5.91 Å². The molecular weight excluding hydrogens is 286 g/mol. The maximum atomic E-state index is 12.5. The fourth-order valence-corrected chi connectivity index (χ4v) is 4.94. The van der Waals surface area contributed by atoms with Crippen LogP contribution in [0.4, 0.5) is 0 Å². The number of aliphatic hydroxyl groups excluding tert-OH is 1. The minimum Gasteiger partial charge on any atom is -0.396 e. The first kappa shape index (κ1) is 16.5. The van der Waals surface area contributed by atoms with Crippen LogP contribution in [-0.4, -0.2) is 35.6 Å². The van der Waals surface area contributed by atoms with Gasteiger partial charge in [-0.1, -0.05) is 44.2 Å². The molecule has 2 fully saturated rings. The van der Waals surface area contributed by atoms with E-state index in [9.17, 15) is 9.90 Å². The van der Waals surface area contributed by atoms with E-state index in [1.807, 2.05) is 11.0 Å².